The van der Waals surface area contributed by atoms with Gasteiger partial charge in [0.25, 0.3) is 0 Å². The van der Waals surface area contributed by atoms with E-state index in [1.54, 1.807) is 36.0 Å². The van der Waals surface area contributed by atoms with Gasteiger partial charge in [0.1, 0.15) is 5.82 Å². The van der Waals surface area contributed by atoms with E-state index in [2.05, 4.69) is 15.6 Å². The summed E-state index contributed by atoms with van der Waals surface area (Å²) >= 11 is 1.65. The van der Waals surface area contributed by atoms with Gasteiger partial charge < -0.3 is 10.6 Å². The van der Waals surface area contributed by atoms with Gasteiger partial charge in [-0.3, -0.25) is 4.99 Å². The summed E-state index contributed by atoms with van der Waals surface area (Å²) in [5.41, 5.74) is 1.04. The fourth-order valence-corrected chi connectivity index (χ4v) is 3.81. The largest absolute Gasteiger partial charge is 0.357 e. The smallest absolute Gasteiger partial charge is 0.191 e. The fourth-order valence-electron chi connectivity index (χ4n) is 2.41. The molecule has 0 saturated carbocycles. The van der Waals surface area contributed by atoms with Crippen molar-refractivity contribution in [3.8, 4) is 0 Å². The lowest BCUT2D eigenvalue weighted by Gasteiger charge is -2.11. The number of benzene rings is 2. The van der Waals surface area contributed by atoms with Crippen LogP contribution in [0.15, 0.2) is 63.3 Å². The third-order valence-corrected chi connectivity index (χ3v) is 5.99. The molecule has 0 unspecified atom stereocenters. The number of hydrogen-bond donors (Lipinski definition) is 2. The van der Waals surface area contributed by atoms with Crippen LogP contribution in [0.25, 0.3) is 0 Å². The Morgan fingerprint density at radius 1 is 1.07 bits per heavy atom. The molecule has 0 aliphatic heterocycles. The number of rotatable bonds is 9. The molecule has 0 aromatic heterocycles. The zero-order valence-electron chi connectivity index (χ0n) is 16.1. The van der Waals surface area contributed by atoms with Crippen molar-refractivity contribution in [1.29, 1.82) is 0 Å². The summed E-state index contributed by atoms with van der Waals surface area (Å²) < 4.78 is 35.9. The number of aliphatic imine (C=N–C) groups is 1. The second-order valence-electron chi connectivity index (χ2n) is 6.16. The van der Waals surface area contributed by atoms with E-state index in [-0.39, 0.29) is 5.82 Å². The zero-order valence-corrected chi connectivity index (χ0v) is 17.7. The number of thioether (sulfide) groups is 1. The van der Waals surface area contributed by atoms with Crippen LogP contribution in [0, 0.1) is 5.82 Å². The standard InChI is InChI=1S/C20H26FN3O2S2/c1-3-22-20(24-14-15-27-18-8-6-17(21)7-9-18)23-13-12-16-4-10-19(11-5-16)28(2,25)26/h4-11H,3,12-15H2,1-2H3,(H2,22,23,24). The molecular formula is C20H26FN3O2S2. The predicted octanol–water partition coefficient (Wildman–Crippen LogP) is 3.12. The Balaban J connectivity index is 1.78. The topological polar surface area (TPSA) is 70.6 Å². The van der Waals surface area contributed by atoms with Gasteiger partial charge in [0.2, 0.25) is 0 Å². The van der Waals surface area contributed by atoms with Crippen LogP contribution in [0.5, 0.6) is 0 Å². The summed E-state index contributed by atoms with van der Waals surface area (Å²) in [5, 5.41) is 6.49. The molecule has 0 fully saturated rings. The molecule has 5 nitrogen and oxygen atoms in total. The molecule has 0 amide bonds. The first kappa shape index (κ1) is 22.2. The second kappa shape index (κ2) is 11.1. The molecule has 2 aromatic carbocycles. The molecule has 0 aliphatic carbocycles. The highest BCUT2D eigenvalue weighted by Crippen LogP contribution is 2.17. The van der Waals surface area contributed by atoms with Crippen LogP contribution < -0.4 is 10.6 Å². The molecule has 28 heavy (non-hydrogen) atoms. The molecule has 2 rings (SSSR count). The van der Waals surface area contributed by atoms with Crippen molar-refractivity contribution in [3.63, 3.8) is 0 Å². The SMILES string of the molecule is CCNC(=NCCc1ccc(S(C)(=O)=O)cc1)NCCSc1ccc(F)cc1. The van der Waals surface area contributed by atoms with E-state index in [9.17, 15) is 12.8 Å². The average Bonchev–Trinajstić information content (AvgIpc) is 2.66. The number of sulfone groups is 1. The van der Waals surface area contributed by atoms with Crippen molar-refractivity contribution in [2.24, 2.45) is 4.99 Å². The van der Waals surface area contributed by atoms with Crippen molar-refractivity contribution in [3.05, 3.63) is 59.9 Å². The highest BCUT2D eigenvalue weighted by atomic mass is 32.2. The molecule has 0 heterocycles. The molecule has 0 saturated heterocycles. The Hall–Kier alpha value is -2.06. The number of guanidine groups is 1. The van der Waals surface area contributed by atoms with Crippen molar-refractivity contribution in [2.75, 3.05) is 31.6 Å². The Bertz CT molecular complexity index is 867. The lowest BCUT2D eigenvalue weighted by atomic mass is 10.1. The third kappa shape index (κ3) is 7.90. The van der Waals surface area contributed by atoms with Gasteiger partial charge in [0.05, 0.1) is 4.90 Å². The molecule has 0 aliphatic rings. The summed E-state index contributed by atoms with van der Waals surface area (Å²) in [7, 11) is -3.16. The highest BCUT2D eigenvalue weighted by Gasteiger charge is 2.06. The molecule has 0 radical (unpaired) electrons. The molecule has 152 valence electrons. The third-order valence-electron chi connectivity index (χ3n) is 3.84. The van der Waals surface area contributed by atoms with Gasteiger partial charge >= 0.3 is 0 Å². The van der Waals surface area contributed by atoms with Crippen molar-refractivity contribution >= 4 is 27.6 Å². The first-order chi connectivity index (χ1) is 13.4. The van der Waals surface area contributed by atoms with E-state index < -0.39 is 9.84 Å². The first-order valence-corrected chi connectivity index (χ1v) is 12.0. The molecule has 8 heteroatoms. The van der Waals surface area contributed by atoms with E-state index in [4.69, 9.17) is 0 Å². The van der Waals surface area contributed by atoms with E-state index in [0.717, 1.165) is 41.7 Å². The summed E-state index contributed by atoms with van der Waals surface area (Å²) in [6.07, 6.45) is 1.93. The molecular weight excluding hydrogens is 397 g/mol. The van der Waals surface area contributed by atoms with Gasteiger partial charge in [-0.1, -0.05) is 12.1 Å². The fraction of sp³-hybridized carbons (Fsp3) is 0.350. The molecule has 0 spiro atoms. The van der Waals surface area contributed by atoms with E-state index >= 15 is 0 Å². The number of nitrogens with zero attached hydrogens (tertiary/aromatic N) is 1. The summed E-state index contributed by atoms with van der Waals surface area (Å²) in [6, 6.07) is 13.4. The number of hydrogen-bond acceptors (Lipinski definition) is 4. The number of halogens is 1. The molecule has 2 aromatic rings. The second-order valence-corrected chi connectivity index (χ2v) is 9.34. The van der Waals surface area contributed by atoms with E-state index in [1.807, 2.05) is 19.1 Å². The van der Waals surface area contributed by atoms with Crippen LogP contribution in [0.3, 0.4) is 0 Å². The minimum atomic E-state index is -3.16. The van der Waals surface area contributed by atoms with Crippen LogP contribution in [-0.2, 0) is 16.3 Å². The van der Waals surface area contributed by atoms with Crippen LogP contribution in [-0.4, -0.2) is 46.0 Å². The molecule has 0 atom stereocenters. The minimum Gasteiger partial charge on any atom is -0.357 e. The number of nitrogens with one attached hydrogen (secondary N) is 2. The van der Waals surface area contributed by atoms with Gasteiger partial charge in [0, 0.05) is 36.5 Å². The van der Waals surface area contributed by atoms with Crippen LogP contribution in [0.2, 0.25) is 0 Å². The normalized spacial score (nSPS) is 12.0. The predicted molar refractivity (Wildman–Crippen MR) is 114 cm³/mol. The maximum absolute atomic E-state index is 12.9. The zero-order chi connectivity index (χ0) is 20.4. The highest BCUT2D eigenvalue weighted by molar-refractivity contribution is 7.99. The Morgan fingerprint density at radius 3 is 2.36 bits per heavy atom. The Labute approximate surface area is 170 Å². The maximum Gasteiger partial charge on any atom is 0.191 e. The van der Waals surface area contributed by atoms with Gasteiger partial charge in [0.15, 0.2) is 15.8 Å². The summed E-state index contributed by atoms with van der Waals surface area (Å²) in [4.78, 5) is 5.91. The Morgan fingerprint density at radius 2 is 1.75 bits per heavy atom. The molecule has 0 bridgehead atoms. The van der Waals surface area contributed by atoms with Crippen molar-refractivity contribution in [1.82, 2.24) is 10.6 Å². The lowest BCUT2D eigenvalue weighted by molar-refractivity contribution is 0.602. The van der Waals surface area contributed by atoms with Gasteiger partial charge in [-0.15, -0.1) is 11.8 Å². The Kier molecular flexibility index (Phi) is 8.79. The maximum atomic E-state index is 12.9. The lowest BCUT2D eigenvalue weighted by Crippen LogP contribution is -2.38. The van der Waals surface area contributed by atoms with Gasteiger partial charge in [-0.2, -0.15) is 0 Å². The van der Waals surface area contributed by atoms with Crippen LogP contribution in [0.4, 0.5) is 4.39 Å². The van der Waals surface area contributed by atoms with E-state index in [1.165, 1.54) is 18.4 Å². The van der Waals surface area contributed by atoms with Gasteiger partial charge in [-0.05, 0) is 55.3 Å². The summed E-state index contributed by atoms with van der Waals surface area (Å²) in [5.74, 6) is 1.35. The monoisotopic (exact) mass is 423 g/mol. The minimum absolute atomic E-state index is 0.227. The quantitative estimate of drug-likeness (QED) is 0.281. The van der Waals surface area contributed by atoms with Crippen LogP contribution >= 0.6 is 11.8 Å². The summed E-state index contributed by atoms with van der Waals surface area (Å²) in [6.45, 7) is 4.10. The van der Waals surface area contributed by atoms with Crippen molar-refractivity contribution in [2.45, 2.75) is 23.1 Å². The van der Waals surface area contributed by atoms with Crippen molar-refractivity contribution < 1.29 is 12.8 Å². The molecule has 2 N–H and O–H groups in total. The van der Waals surface area contributed by atoms with E-state index in [0.29, 0.717) is 11.4 Å². The average molecular weight is 424 g/mol. The first-order valence-electron chi connectivity index (χ1n) is 9.08. The van der Waals surface area contributed by atoms with Gasteiger partial charge in [-0.25, -0.2) is 12.8 Å². The van der Waals surface area contributed by atoms with Crippen LogP contribution in [0.1, 0.15) is 12.5 Å².